The fourth-order valence-electron chi connectivity index (χ4n) is 4.18. The van der Waals surface area contributed by atoms with Crippen molar-refractivity contribution in [3.63, 3.8) is 0 Å². The largest absolute Gasteiger partial charge is 0.507 e. The Labute approximate surface area is 185 Å². The van der Waals surface area contributed by atoms with Gasteiger partial charge in [0.05, 0.1) is 11.8 Å². The van der Waals surface area contributed by atoms with Crippen LogP contribution < -0.4 is 4.90 Å². The van der Waals surface area contributed by atoms with Crippen molar-refractivity contribution in [1.29, 1.82) is 0 Å². The van der Waals surface area contributed by atoms with Crippen molar-refractivity contribution < 1.29 is 19.1 Å². The van der Waals surface area contributed by atoms with Crippen LogP contribution >= 0.6 is 0 Å². The Morgan fingerprint density at radius 2 is 1.66 bits per heavy atom. The second-order valence-corrected chi connectivity index (χ2v) is 8.02. The molecule has 0 bridgehead atoms. The zero-order valence-electron chi connectivity index (χ0n) is 17.7. The van der Waals surface area contributed by atoms with Gasteiger partial charge in [0.15, 0.2) is 0 Å². The molecule has 0 aliphatic carbocycles. The first-order valence-corrected chi connectivity index (χ1v) is 10.4. The molecule has 158 valence electrons. The van der Waals surface area contributed by atoms with Crippen LogP contribution in [0.25, 0.3) is 16.5 Å². The summed E-state index contributed by atoms with van der Waals surface area (Å²) in [6.07, 6.45) is 1.49. The average Bonchev–Trinajstić information content (AvgIpc) is 3.42. The van der Waals surface area contributed by atoms with Crippen molar-refractivity contribution in [1.82, 2.24) is 0 Å². The van der Waals surface area contributed by atoms with Gasteiger partial charge in [-0.25, -0.2) is 0 Å². The maximum Gasteiger partial charge on any atom is 0.300 e. The molecule has 3 aromatic carbocycles. The molecule has 2 heterocycles. The van der Waals surface area contributed by atoms with E-state index >= 15 is 0 Å². The molecule has 5 rings (SSSR count). The van der Waals surface area contributed by atoms with Gasteiger partial charge in [0.25, 0.3) is 11.7 Å². The highest BCUT2D eigenvalue weighted by Gasteiger charge is 2.48. The number of Topliss-reactive ketones (excluding diaryl/α,β-unsaturated/α-hetero) is 1. The quantitative estimate of drug-likeness (QED) is 0.262. The van der Waals surface area contributed by atoms with Gasteiger partial charge < -0.3 is 9.52 Å². The smallest absolute Gasteiger partial charge is 0.300 e. The van der Waals surface area contributed by atoms with Crippen molar-refractivity contribution in [3.05, 3.63) is 107 Å². The Hall–Kier alpha value is -4.12. The molecule has 32 heavy (non-hydrogen) atoms. The van der Waals surface area contributed by atoms with Crippen LogP contribution in [0.5, 0.6) is 0 Å². The van der Waals surface area contributed by atoms with Crippen molar-refractivity contribution in [2.75, 3.05) is 4.90 Å². The second-order valence-electron chi connectivity index (χ2n) is 8.02. The number of carbonyl (C=O) groups is 2. The van der Waals surface area contributed by atoms with Gasteiger partial charge in [-0.1, -0.05) is 42.5 Å². The number of hydrogen-bond donors (Lipinski definition) is 1. The number of carbonyl (C=O) groups excluding carboxylic acids is 2. The predicted octanol–water partition coefficient (Wildman–Crippen LogP) is 5.68. The lowest BCUT2D eigenvalue weighted by atomic mass is 9.97. The molecule has 0 spiro atoms. The van der Waals surface area contributed by atoms with E-state index in [9.17, 15) is 14.7 Å². The Balaban J connectivity index is 1.71. The van der Waals surface area contributed by atoms with E-state index in [1.807, 2.05) is 62.4 Å². The van der Waals surface area contributed by atoms with Crippen LogP contribution in [0.4, 0.5) is 5.69 Å². The Kier molecular flexibility index (Phi) is 4.67. The van der Waals surface area contributed by atoms with Gasteiger partial charge in [-0.15, -0.1) is 0 Å². The maximum absolute atomic E-state index is 13.2. The number of amides is 1. The van der Waals surface area contributed by atoms with Crippen LogP contribution in [-0.2, 0) is 9.59 Å². The summed E-state index contributed by atoms with van der Waals surface area (Å²) in [5.74, 6) is -1.25. The van der Waals surface area contributed by atoms with E-state index in [2.05, 4.69) is 0 Å². The van der Waals surface area contributed by atoms with Gasteiger partial charge in [0.2, 0.25) is 0 Å². The summed E-state index contributed by atoms with van der Waals surface area (Å²) < 4.78 is 5.61. The molecule has 5 heteroatoms. The number of ketones is 1. The number of aliphatic hydroxyl groups is 1. The molecule has 0 saturated carbocycles. The number of benzene rings is 3. The summed E-state index contributed by atoms with van der Waals surface area (Å²) in [5.41, 5.74) is 3.14. The minimum atomic E-state index is -0.862. The number of nitrogens with zero attached hydrogens (tertiary/aromatic N) is 1. The molecule has 1 saturated heterocycles. The number of aliphatic hydroxyl groups excluding tert-OH is 1. The van der Waals surface area contributed by atoms with Crippen molar-refractivity contribution in [2.45, 2.75) is 19.9 Å². The minimum Gasteiger partial charge on any atom is -0.507 e. The van der Waals surface area contributed by atoms with E-state index in [1.54, 1.807) is 24.3 Å². The second kappa shape index (κ2) is 7.54. The van der Waals surface area contributed by atoms with E-state index in [-0.39, 0.29) is 11.3 Å². The Morgan fingerprint density at radius 1 is 0.875 bits per heavy atom. The molecule has 1 unspecified atom stereocenters. The summed E-state index contributed by atoms with van der Waals surface area (Å²) in [6, 6.07) is 21.3. The van der Waals surface area contributed by atoms with Crippen LogP contribution in [0.3, 0.4) is 0 Å². The van der Waals surface area contributed by atoms with E-state index in [1.165, 1.54) is 11.2 Å². The molecule has 0 radical (unpaired) electrons. The minimum absolute atomic E-state index is 0.0125. The standard InChI is InChI=1S/C27H21NO4/c1-16-9-12-21(14-17(16)2)28-24(22-8-5-13-32-22)23(26(30)27(28)31)25(29)20-11-10-18-6-3-4-7-19(18)15-20/h3-15,24,29H,1-2H3/b25-23-. The highest BCUT2D eigenvalue weighted by atomic mass is 16.3. The van der Waals surface area contributed by atoms with E-state index < -0.39 is 17.7 Å². The fraction of sp³-hybridized carbons (Fsp3) is 0.111. The number of hydrogen-bond acceptors (Lipinski definition) is 4. The first kappa shape index (κ1) is 19.8. The van der Waals surface area contributed by atoms with Crippen LogP contribution in [0.2, 0.25) is 0 Å². The number of aryl methyl sites for hydroxylation is 2. The van der Waals surface area contributed by atoms with Gasteiger partial charge in [0, 0.05) is 11.3 Å². The number of anilines is 1. The molecule has 1 aliphatic heterocycles. The highest BCUT2D eigenvalue weighted by molar-refractivity contribution is 6.51. The fourth-order valence-corrected chi connectivity index (χ4v) is 4.18. The molecule has 1 aliphatic rings. The first-order valence-electron chi connectivity index (χ1n) is 10.4. The van der Waals surface area contributed by atoms with Gasteiger partial charge in [-0.3, -0.25) is 14.5 Å². The topological polar surface area (TPSA) is 70.8 Å². The molecule has 4 aromatic rings. The van der Waals surface area contributed by atoms with Crippen LogP contribution in [0.15, 0.2) is 89.0 Å². The van der Waals surface area contributed by atoms with E-state index in [0.717, 1.165) is 21.9 Å². The Bertz CT molecular complexity index is 1400. The van der Waals surface area contributed by atoms with E-state index in [4.69, 9.17) is 4.42 Å². The van der Waals surface area contributed by atoms with Crippen LogP contribution in [0.1, 0.15) is 28.5 Å². The number of furan rings is 1. The zero-order chi connectivity index (χ0) is 22.4. The Morgan fingerprint density at radius 3 is 2.38 bits per heavy atom. The van der Waals surface area contributed by atoms with Crippen molar-refractivity contribution >= 4 is 33.9 Å². The molecule has 1 amide bonds. The summed E-state index contributed by atoms with van der Waals surface area (Å²) in [4.78, 5) is 27.7. The van der Waals surface area contributed by atoms with Gasteiger partial charge in [0.1, 0.15) is 17.6 Å². The molecule has 1 N–H and O–H groups in total. The normalized spacial score (nSPS) is 17.9. The third-order valence-electron chi connectivity index (χ3n) is 6.05. The molecular weight excluding hydrogens is 402 g/mol. The summed E-state index contributed by atoms with van der Waals surface area (Å²) in [5, 5.41) is 13.2. The summed E-state index contributed by atoms with van der Waals surface area (Å²) in [7, 11) is 0. The number of fused-ring (bicyclic) bond motifs is 1. The van der Waals surface area contributed by atoms with Crippen LogP contribution in [0, 0.1) is 13.8 Å². The third kappa shape index (κ3) is 3.10. The van der Waals surface area contributed by atoms with E-state index in [0.29, 0.717) is 17.0 Å². The highest BCUT2D eigenvalue weighted by Crippen LogP contribution is 2.42. The lowest BCUT2D eigenvalue weighted by Gasteiger charge is -2.24. The summed E-state index contributed by atoms with van der Waals surface area (Å²) in [6.45, 7) is 3.93. The number of rotatable bonds is 3. The summed E-state index contributed by atoms with van der Waals surface area (Å²) >= 11 is 0. The molecule has 1 atom stereocenters. The molecule has 1 aromatic heterocycles. The van der Waals surface area contributed by atoms with Crippen molar-refractivity contribution in [2.24, 2.45) is 0 Å². The lowest BCUT2D eigenvalue weighted by Crippen LogP contribution is -2.29. The SMILES string of the molecule is Cc1ccc(N2C(=O)C(=O)/C(=C(\O)c3ccc4ccccc4c3)C2c2ccco2)cc1C. The lowest BCUT2D eigenvalue weighted by molar-refractivity contribution is -0.132. The third-order valence-corrected chi connectivity index (χ3v) is 6.05. The molecule has 5 nitrogen and oxygen atoms in total. The van der Waals surface area contributed by atoms with Gasteiger partial charge in [-0.2, -0.15) is 0 Å². The zero-order valence-corrected chi connectivity index (χ0v) is 17.7. The van der Waals surface area contributed by atoms with Crippen molar-refractivity contribution in [3.8, 4) is 0 Å². The first-order chi connectivity index (χ1) is 15.5. The molecule has 1 fully saturated rings. The molecular formula is C27H21NO4. The average molecular weight is 423 g/mol. The monoisotopic (exact) mass is 423 g/mol. The van der Waals surface area contributed by atoms with Gasteiger partial charge >= 0.3 is 0 Å². The maximum atomic E-state index is 13.2. The van der Waals surface area contributed by atoms with Crippen LogP contribution in [-0.4, -0.2) is 16.8 Å². The van der Waals surface area contributed by atoms with Gasteiger partial charge in [-0.05, 0) is 66.1 Å². The predicted molar refractivity (Wildman–Crippen MR) is 123 cm³/mol.